The monoisotopic (exact) mass is 345 g/mol. The maximum absolute atomic E-state index is 13.8. The lowest BCUT2D eigenvalue weighted by Crippen LogP contribution is -2.38. The van der Waals surface area contributed by atoms with E-state index in [0.717, 1.165) is 16.9 Å². The smallest absolute Gasteiger partial charge is 0.193 e. The van der Waals surface area contributed by atoms with Crippen LogP contribution in [0.5, 0.6) is 11.5 Å². The van der Waals surface area contributed by atoms with Gasteiger partial charge in [-0.25, -0.2) is 4.39 Å². The van der Waals surface area contributed by atoms with Gasteiger partial charge in [-0.1, -0.05) is 24.3 Å². The van der Waals surface area contributed by atoms with Crippen molar-refractivity contribution in [3.05, 3.63) is 59.4 Å². The molecule has 0 aromatic heterocycles. The number of hydrogen-bond acceptors (Lipinski definition) is 3. The van der Waals surface area contributed by atoms with Crippen molar-refractivity contribution in [3.63, 3.8) is 0 Å². The molecule has 2 aromatic rings. The Morgan fingerprint density at radius 2 is 1.84 bits per heavy atom. The molecule has 0 unspecified atom stereocenters. The SMILES string of the molecule is CN=C(NCc1ccc(OC)c(F)c1)N(C)Cc1ccccc1OC. The first-order chi connectivity index (χ1) is 12.1. The van der Waals surface area contributed by atoms with Gasteiger partial charge in [0.1, 0.15) is 5.75 Å². The molecular weight excluding hydrogens is 321 g/mol. The summed E-state index contributed by atoms with van der Waals surface area (Å²) in [6, 6.07) is 12.8. The van der Waals surface area contributed by atoms with Gasteiger partial charge in [0, 0.05) is 32.7 Å². The van der Waals surface area contributed by atoms with Crippen LogP contribution >= 0.6 is 0 Å². The van der Waals surface area contributed by atoms with Gasteiger partial charge in [0.2, 0.25) is 0 Å². The number of para-hydroxylation sites is 1. The predicted molar refractivity (Wildman–Crippen MR) is 97.6 cm³/mol. The number of guanidine groups is 1. The van der Waals surface area contributed by atoms with E-state index in [9.17, 15) is 4.39 Å². The average molecular weight is 345 g/mol. The molecule has 134 valence electrons. The molecule has 0 radical (unpaired) electrons. The molecule has 0 heterocycles. The third kappa shape index (κ3) is 4.86. The fraction of sp³-hybridized carbons (Fsp3) is 0.316. The minimum Gasteiger partial charge on any atom is -0.496 e. The van der Waals surface area contributed by atoms with Crippen LogP contribution in [0.15, 0.2) is 47.5 Å². The topological polar surface area (TPSA) is 46.1 Å². The lowest BCUT2D eigenvalue weighted by Gasteiger charge is -2.23. The normalized spacial score (nSPS) is 11.2. The maximum Gasteiger partial charge on any atom is 0.193 e. The number of benzene rings is 2. The largest absolute Gasteiger partial charge is 0.496 e. The van der Waals surface area contributed by atoms with E-state index < -0.39 is 0 Å². The first-order valence-electron chi connectivity index (χ1n) is 7.95. The van der Waals surface area contributed by atoms with Crippen LogP contribution in [0.25, 0.3) is 0 Å². The highest BCUT2D eigenvalue weighted by atomic mass is 19.1. The highest BCUT2D eigenvalue weighted by Gasteiger charge is 2.10. The third-order valence-electron chi connectivity index (χ3n) is 3.84. The van der Waals surface area contributed by atoms with Gasteiger partial charge in [0.05, 0.1) is 14.2 Å². The van der Waals surface area contributed by atoms with Crippen LogP contribution in [0, 0.1) is 5.82 Å². The van der Waals surface area contributed by atoms with Crippen LogP contribution in [0.1, 0.15) is 11.1 Å². The average Bonchev–Trinajstić information content (AvgIpc) is 2.63. The van der Waals surface area contributed by atoms with Gasteiger partial charge in [-0.15, -0.1) is 0 Å². The Morgan fingerprint density at radius 3 is 2.48 bits per heavy atom. The van der Waals surface area contributed by atoms with Crippen LogP contribution < -0.4 is 14.8 Å². The summed E-state index contributed by atoms with van der Waals surface area (Å²) in [5, 5.41) is 3.24. The highest BCUT2D eigenvalue weighted by Crippen LogP contribution is 2.19. The second-order valence-electron chi connectivity index (χ2n) is 5.54. The van der Waals surface area contributed by atoms with Crippen LogP contribution in [0.2, 0.25) is 0 Å². The van der Waals surface area contributed by atoms with Crippen molar-refractivity contribution < 1.29 is 13.9 Å². The number of halogens is 1. The van der Waals surface area contributed by atoms with Gasteiger partial charge in [-0.05, 0) is 23.8 Å². The minimum atomic E-state index is -0.376. The summed E-state index contributed by atoms with van der Waals surface area (Å²) in [5.74, 6) is 1.41. The van der Waals surface area contributed by atoms with E-state index in [1.54, 1.807) is 20.2 Å². The third-order valence-corrected chi connectivity index (χ3v) is 3.84. The number of nitrogens with one attached hydrogen (secondary N) is 1. The quantitative estimate of drug-likeness (QED) is 0.646. The molecule has 0 aliphatic rings. The molecule has 2 aromatic carbocycles. The zero-order valence-corrected chi connectivity index (χ0v) is 15.0. The Morgan fingerprint density at radius 1 is 1.12 bits per heavy atom. The van der Waals surface area contributed by atoms with Gasteiger partial charge < -0.3 is 19.7 Å². The van der Waals surface area contributed by atoms with E-state index in [4.69, 9.17) is 9.47 Å². The van der Waals surface area contributed by atoms with Gasteiger partial charge in [0.25, 0.3) is 0 Å². The van der Waals surface area contributed by atoms with Gasteiger partial charge in [-0.3, -0.25) is 4.99 Å². The molecule has 5 nitrogen and oxygen atoms in total. The fourth-order valence-corrected chi connectivity index (χ4v) is 2.55. The van der Waals surface area contributed by atoms with Crippen molar-refractivity contribution >= 4 is 5.96 Å². The first kappa shape index (κ1) is 18.6. The van der Waals surface area contributed by atoms with E-state index in [1.165, 1.54) is 13.2 Å². The summed E-state index contributed by atoms with van der Waals surface area (Å²) >= 11 is 0. The fourth-order valence-electron chi connectivity index (χ4n) is 2.55. The predicted octanol–water partition coefficient (Wildman–Crippen LogP) is 3.05. The summed E-state index contributed by atoms with van der Waals surface area (Å²) in [6.07, 6.45) is 0. The van der Waals surface area contributed by atoms with Crippen molar-refractivity contribution in [2.24, 2.45) is 4.99 Å². The molecule has 0 atom stereocenters. The Labute approximate surface area is 148 Å². The molecule has 0 spiro atoms. The van der Waals surface area contributed by atoms with E-state index in [0.29, 0.717) is 19.0 Å². The summed E-state index contributed by atoms with van der Waals surface area (Å²) in [5.41, 5.74) is 1.87. The molecule has 0 aliphatic heterocycles. The van der Waals surface area contributed by atoms with Crippen molar-refractivity contribution in [2.45, 2.75) is 13.1 Å². The molecule has 2 rings (SSSR count). The van der Waals surface area contributed by atoms with Crippen LogP contribution in [-0.4, -0.2) is 39.2 Å². The second-order valence-corrected chi connectivity index (χ2v) is 5.54. The molecule has 0 amide bonds. The molecule has 25 heavy (non-hydrogen) atoms. The number of hydrogen-bond donors (Lipinski definition) is 1. The molecule has 0 bridgehead atoms. The maximum atomic E-state index is 13.8. The summed E-state index contributed by atoms with van der Waals surface area (Å²) in [6.45, 7) is 1.10. The van der Waals surface area contributed by atoms with Gasteiger partial charge >= 0.3 is 0 Å². The Balaban J connectivity index is 2.01. The summed E-state index contributed by atoms with van der Waals surface area (Å²) in [4.78, 5) is 6.27. The number of rotatable bonds is 6. The minimum absolute atomic E-state index is 0.237. The zero-order valence-electron chi connectivity index (χ0n) is 15.0. The number of aliphatic imine (C=N–C) groups is 1. The summed E-state index contributed by atoms with van der Waals surface area (Å²) in [7, 11) is 6.77. The van der Waals surface area contributed by atoms with Crippen LogP contribution in [-0.2, 0) is 13.1 Å². The Bertz CT molecular complexity index is 734. The van der Waals surface area contributed by atoms with E-state index in [-0.39, 0.29) is 11.6 Å². The molecular formula is C19H24FN3O2. The standard InChI is InChI=1S/C19H24FN3O2/c1-21-19(22-12-14-9-10-18(25-4)16(20)11-14)23(2)13-15-7-5-6-8-17(15)24-3/h5-11H,12-13H2,1-4H3,(H,21,22). The molecule has 6 heteroatoms. The zero-order chi connectivity index (χ0) is 18.2. The second kappa shape index (κ2) is 8.92. The van der Waals surface area contributed by atoms with E-state index in [2.05, 4.69) is 10.3 Å². The number of ether oxygens (including phenoxy) is 2. The molecule has 0 saturated heterocycles. The van der Waals surface area contributed by atoms with E-state index >= 15 is 0 Å². The van der Waals surface area contributed by atoms with Crippen molar-refractivity contribution in [1.82, 2.24) is 10.2 Å². The van der Waals surface area contributed by atoms with Crippen LogP contribution in [0.4, 0.5) is 4.39 Å². The van der Waals surface area contributed by atoms with Crippen molar-refractivity contribution in [2.75, 3.05) is 28.3 Å². The number of methoxy groups -OCH3 is 2. The van der Waals surface area contributed by atoms with Crippen molar-refractivity contribution in [1.29, 1.82) is 0 Å². The molecule has 1 N–H and O–H groups in total. The lowest BCUT2D eigenvalue weighted by molar-refractivity contribution is 0.386. The Kier molecular flexibility index (Phi) is 6.62. The molecule has 0 fully saturated rings. The van der Waals surface area contributed by atoms with Gasteiger partial charge in [0.15, 0.2) is 17.5 Å². The lowest BCUT2D eigenvalue weighted by atomic mass is 10.2. The Hall–Kier alpha value is -2.76. The van der Waals surface area contributed by atoms with E-state index in [1.807, 2.05) is 42.3 Å². The van der Waals surface area contributed by atoms with Gasteiger partial charge in [-0.2, -0.15) is 0 Å². The van der Waals surface area contributed by atoms with Crippen molar-refractivity contribution in [3.8, 4) is 11.5 Å². The molecule has 0 aliphatic carbocycles. The first-order valence-corrected chi connectivity index (χ1v) is 7.95. The summed E-state index contributed by atoms with van der Waals surface area (Å²) < 4.78 is 24.1. The highest BCUT2D eigenvalue weighted by molar-refractivity contribution is 5.79. The van der Waals surface area contributed by atoms with Crippen LogP contribution in [0.3, 0.4) is 0 Å². The molecule has 0 saturated carbocycles. The number of nitrogens with zero attached hydrogens (tertiary/aromatic N) is 2.